The summed E-state index contributed by atoms with van der Waals surface area (Å²) in [4.78, 5) is 24.5. The standard InChI is InChI=1S/C12H17N3O3/c1-3-15(7-10(14)16)12(17)11-8(13)5-4-6-9(11)18-2/h4-6H,3,7,13H2,1-2H3,(H2,14,16). The van der Waals surface area contributed by atoms with Gasteiger partial charge in [-0.2, -0.15) is 0 Å². The van der Waals surface area contributed by atoms with E-state index < -0.39 is 5.91 Å². The Kier molecular flexibility index (Phi) is 4.53. The van der Waals surface area contributed by atoms with Crippen molar-refractivity contribution >= 4 is 17.5 Å². The SMILES string of the molecule is CCN(CC(N)=O)C(=O)c1c(N)cccc1OC. The van der Waals surface area contributed by atoms with E-state index in [4.69, 9.17) is 16.2 Å². The summed E-state index contributed by atoms with van der Waals surface area (Å²) in [5.74, 6) is -0.562. The third kappa shape index (κ3) is 2.91. The van der Waals surface area contributed by atoms with Gasteiger partial charge in [0.05, 0.1) is 13.7 Å². The van der Waals surface area contributed by atoms with Gasteiger partial charge in [0.2, 0.25) is 5.91 Å². The maximum atomic E-state index is 12.3. The van der Waals surface area contributed by atoms with Crippen LogP contribution in [0, 0.1) is 0 Å². The second-order valence-corrected chi connectivity index (χ2v) is 3.71. The number of rotatable bonds is 5. The van der Waals surface area contributed by atoms with Crippen LogP contribution in [-0.2, 0) is 4.79 Å². The molecule has 6 heteroatoms. The third-order valence-corrected chi connectivity index (χ3v) is 2.51. The number of methoxy groups -OCH3 is 1. The number of nitrogen functional groups attached to an aromatic ring is 1. The molecule has 2 amide bonds. The smallest absolute Gasteiger partial charge is 0.260 e. The van der Waals surface area contributed by atoms with Crippen molar-refractivity contribution in [1.29, 1.82) is 0 Å². The molecule has 0 unspecified atom stereocenters. The molecule has 0 aromatic heterocycles. The summed E-state index contributed by atoms with van der Waals surface area (Å²) in [5, 5.41) is 0. The number of carbonyl (C=O) groups is 2. The molecule has 0 heterocycles. The molecule has 0 fully saturated rings. The minimum atomic E-state index is -0.571. The Morgan fingerprint density at radius 2 is 2.06 bits per heavy atom. The molecule has 0 aliphatic rings. The monoisotopic (exact) mass is 251 g/mol. The van der Waals surface area contributed by atoms with Crippen molar-refractivity contribution < 1.29 is 14.3 Å². The highest BCUT2D eigenvalue weighted by molar-refractivity contribution is 6.03. The molecule has 1 rings (SSSR count). The molecule has 0 saturated carbocycles. The van der Waals surface area contributed by atoms with Crippen LogP contribution in [0.25, 0.3) is 0 Å². The van der Waals surface area contributed by atoms with E-state index in [0.717, 1.165) is 0 Å². The van der Waals surface area contributed by atoms with Gasteiger partial charge in [-0.1, -0.05) is 6.07 Å². The van der Waals surface area contributed by atoms with Crippen LogP contribution in [0.3, 0.4) is 0 Å². The lowest BCUT2D eigenvalue weighted by Gasteiger charge is -2.21. The molecule has 0 aliphatic heterocycles. The molecule has 0 atom stereocenters. The summed E-state index contributed by atoms with van der Waals surface area (Å²) in [6, 6.07) is 4.94. The summed E-state index contributed by atoms with van der Waals surface area (Å²) in [6.07, 6.45) is 0. The maximum Gasteiger partial charge on any atom is 0.260 e. The van der Waals surface area contributed by atoms with Gasteiger partial charge in [-0.05, 0) is 19.1 Å². The van der Waals surface area contributed by atoms with Crippen LogP contribution >= 0.6 is 0 Å². The lowest BCUT2D eigenvalue weighted by Crippen LogP contribution is -2.38. The van der Waals surface area contributed by atoms with Gasteiger partial charge < -0.3 is 21.1 Å². The summed E-state index contributed by atoms with van der Waals surface area (Å²) in [6.45, 7) is 1.97. The Bertz CT molecular complexity index is 460. The average molecular weight is 251 g/mol. The zero-order valence-corrected chi connectivity index (χ0v) is 10.5. The van der Waals surface area contributed by atoms with E-state index in [1.54, 1.807) is 25.1 Å². The molecule has 0 spiro atoms. The highest BCUT2D eigenvalue weighted by atomic mass is 16.5. The number of hydrogen-bond acceptors (Lipinski definition) is 4. The first-order chi connectivity index (χ1) is 8.51. The molecule has 18 heavy (non-hydrogen) atoms. The van der Waals surface area contributed by atoms with Gasteiger partial charge in [0, 0.05) is 12.2 Å². The topological polar surface area (TPSA) is 98.7 Å². The number of nitrogens with two attached hydrogens (primary N) is 2. The van der Waals surface area contributed by atoms with Crippen LogP contribution in [0.4, 0.5) is 5.69 Å². The predicted molar refractivity (Wildman–Crippen MR) is 68.2 cm³/mol. The maximum absolute atomic E-state index is 12.3. The summed E-state index contributed by atoms with van der Waals surface area (Å²) < 4.78 is 5.10. The van der Waals surface area contributed by atoms with E-state index in [1.165, 1.54) is 12.0 Å². The number of carbonyl (C=O) groups excluding carboxylic acids is 2. The molecule has 0 aliphatic carbocycles. The number of hydrogen-bond donors (Lipinski definition) is 2. The van der Waals surface area contributed by atoms with Crippen LogP contribution < -0.4 is 16.2 Å². The van der Waals surface area contributed by atoms with Crippen molar-refractivity contribution in [3.8, 4) is 5.75 Å². The molecule has 0 radical (unpaired) electrons. The minimum Gasteiger partial charge on any atom is -0.496 e. The first-order valence-corrected chi connectivity index (χ1v) is 5.51. The van der Waals surface area contributed by atoms with Crippen molar-refractivity contribution in [1.82, 2.24) is 4.90 Å². The third-order valence-electron chi connectivity index (χ3n) is 2.51. The largest absolute Gasteiger partial charge is 0.496 e. The molecule has 98 valence electrons. The molecule has 4 N–H and O–H groups in total. The van der Waals surface area contributed by atoms with Gasteiger partial charge in [0.25, 0.3) is 5.91 Å². The molecular weight excluding hydrogens is 234 g/mol. The van der Waals surface area contributed by atoms with Gasteiger partial charge in [-0.15, -0.1) is 0 Å². The average Bonchev–Trinajstić information content (AvgIpc) is 2.34. The zero-order valence-electron chi connectivity index (χ0n) is 10.5. The molecule has 0 bridgehead atoms. The number of amides is 2. The first-order valence-electron chi connectivity index (χ1n) is 5.51. The molecule has 1 aromatic carbocycles. The summed E-state index contributed by atoms with van der Waals surface area (Å²) >= 11 is 0. The number of likely N-dealkylation sites (N-methyl/N-ethyl adjacent to an activating group) is 1. The van der Waals surface area contributed by atoms with Crippen molar-refractivity contribution in [3.05, 3.63) is 23.8 Å². The molecule has 6 nitrogen and oxygen atoms in total. The van der Waals surface area contributed by atoms with Gasteiger partial charge in [0.1, 0.15) is 11.3 Å². The quantitative estimate of drug-likeness (QED) is 0.731. The molecule has 1 aromatic rings. The van der Waals surface area contributed by atoms with E-state index in [9.17, 15) is 9.59 Å². The highest BCUT2D eigenvalue weighted by Crippen LogP contribution is 2.25. The zero-order chi connectivity index (χ0) is 13.7. The van der Waals surface area contributed by atoms with E-state index in [1.807, 2.05) is 0 Å². The minimum absolute atomic E-state index is 0.146. The number of ether oxygens (including phenoxy) is 1. The predicted octanol–water partition coefficient (Wildman–Crippen LogP) is 0.225. The van der Waals surface area contributed by atoms with Crippen LogP contribution in [0.15, 0.2) is 18.2 Å². The second kappa shape index (κ2) is 5.90. The Morgan fingerprint density at radius 3 is 2.56 bits per heavy atom. The lowest BCUT2D eigenvalue weighted by molar-refractivity contribution is -0.118. The summed E-state index contributed by atoms with van der Waals surface area (Å²) in [7, 11) is 1.45. The van der Waals surface area contributed by atoms with Crippen molar-refractivity contribution in [2.75, 3.05) is 25.9 Å². The van der Waals surface area contributed by atoms with E-state index in [2.05, 4.69) is 0 Å². The molecule has 0 saturated heterocycles. The molecular formula is C12H17N3O3. The van der Waals surface area contributed by atoms with Crippen LogP contribution in [-0.4, -0.2) is 36.9 Å². The fourth-order valence-electron chi connectivity index (χ4n) is 1.62. The number of nitrogens with zero attached hydrogens (tertiary/aromatic N) is 1. The normalized spacial score (nSPS) is 9.89. The van der Waals surface area contributed by atoms with Crippen LogP contribution in [0.1, 0.15) is 17.3 Å². The van der Waals surface area contributed by atoms with Gasteiger partial charge in [-0.25, -0.2) is 0 Å². The van der Waals surface area contributed by atoms with E-state index in [0.29, 0.717) is 18.0 Å². The van der Waals surface area contributed by atoms with Gasteiger partial charge >= 0.3 is 0 Å². The van der Waals surface area contributed by atoms with E-state index in [-0.39, 0.29) is 18.0 Å². The number of anilines is 1. The Labute approximate surface area is 105 Å². The van der Waals surface area contributed by atoms with Gasteiger partial charge in [-0.3, -0.25) is 9.59 Å². The van der Waals surface area contributed by atoms with E-state index >= 15 is 0 Å². The fraction of sp³-hybridized carbons (Fsp3) is 0.333. The van der Waals surface area contributed by atoms with Crippen molar-refractivity contribution in [2.45, 2.75) is 6.92 Å². The number of benzene rings is 1. The lowest BCUT2D eigenvalue weighted by atomic mass is 10.1. The number of primary amides is 1. The van der Waals surface area contributed by atoms with Crippen LogP contribution in [0.2, 0.25) is 0 Å². The van der Waals surface area contributed by atoms with Crippen LogP contribution in [0.5, 0.6) is 5.75 Å². The second-order valence-electron chi connectivity index (χ2n) is 3.71. The Hall–Kier alpha value is -2.24. The summed E-state index contributed by atoms with van der Waals surface area (Å²) in [5.41, 5.74) is 11.4. The Balaban J connectivity index is 3.12. The Morgan fingerprint density at radius 1 is 1.39 bits per heavy atom. The fourth-order valence-corrected chi connectivity index (χ4v) is 1.62. The van der Waals surface area contributed by atoms with Crippen molar-refractivity contribution in [3.63, 3.8) is 0 Å². The van der Waals surface area contributed by atoms with Crippen molar-refractivity contribution in [2.24, 2.45) is 5.73 Å². The first kappa shape index (κ1) is 13.8. The van der Waals surface area contributed by atoms with Gasteiger partial charge in [0.15, 0.2) is 0 Å². The highest BCUT2D eigenvalue weighted by Gasteiger charge is 2.22.